The summed E-state index contributed by atoms with van der Waals surface area (Å²) in [5, 5.41) is 11.5. The monoisotopic (exact) mass is 1020 g/mol. The van der Waals surface area contributed by atoms with E-state index >= 15 is 0 Å². The fourth-order valence-electron chi connectivity index (χ4n) is 9.41. The lowest BCUT2D eigenvalue weighted by molar-refractivity contribution is 0.476. The third-order valence-corrected chi connectivity index (χ3v) is 13.0. The van der Waals surface area contributed by atoms with Crippen molar-refractivity contribution >= 4 is 82.0 Å². The van der Waals surface area contributed by atoms with E-state index in [1.807, 2.05) is 73.7 Å². The Bertz CT molecular complexity index is 3080. The number of halogens is 3. The molecule has 0 saturated heterocycles. The number of aryl methyl sites for hydroxylation is 2. The van der Waals surface area contributed by atoms with Crippen molar-refractivity contribution in [1.82, 2.24) is 44.0 Å². The van der Waals surface area contributed by atoms with Gasteiger partial charge in [-0.15, -0.1) is 37.2 Å². The number of hydrogen-bond acceptors (Lipinski definition) is 9. The Morgan fingerprint density at radius 2 is 0.972 bits per heavy atom. The van der Waals surface area contributed by atoms with Crippen molar-refractivity contribution in [3.05, 3.63) is 152 Å². The van der Waals surface area contributed by atoms with E-state index in [0.717, 1.165) is 83.3 Å². The number of fused-ring (bicyclic) bond motifs is 4. The minimum absolute atomic E-state index is 0. The van der Waals surface area contributed by atoms with Crippen molar-refractivity contribution in [2.45, 2.75) is 131 Å². The van der Waals surface area contributed by atoms with Gasteiger partial charge in [0, 0.05) is 89.1 Å². The van der Waals surface area contributed by atoms with E-state index in [2.05, 4.69) is 126 Å². The van der Waals surface area contributed by atoms with Gasteiger partial charge in [0.1, 0.15) is 11.6 Å². The standard InChI is InChI=1S/C28H33N5O.C27H32N6O.3ClH/c1-18(2)32-27(34)23-17-30-26(31-21-11-10-19-8-6-7-9-20(19)14-21)16-24(23)33(32)22-12-13-29-25(15-22)28(3,4)5;1-17(2)32-26(34)22-16-30-25(31-20-7-6-19-15-28-10-8-18(19)12-20)14-23(22)33(32)21-9-11-29-24(13-21)27(3,4)5;;;/h10-18H,6-9H2,1-5H3,(H,30,31);6-7,9,11-14,16-17,28H,8,10,15H2,1-5H3,(H,30,31);3*1H. The normalized spacial score (nSPS) is 13.4. The predicted molar refractivity (Wildman–Crippen MR) is 298 cm³/mol. The average molecular weight is 1020 g/mol. The lowest BCUT2D eigenvalue weighted by Crippen LogP contribution is -2.24. The minimum Gasteiger partial charge on any atom is -0.340 e. The van der Waals surface area contributed by atoms with Crippen molar-refractivity contribution in [1.29, 1.82) is 0 Å². The molecule has 0 amide bonds. The topological polar surface area (TPSA) is 142 Å². The first-order valence-electron chi connectivity index (χ1n) is 24.1. The van der Waals surface area contributed by atoms with Gasteiger partial charge < -0.3 is 16.0 Å². The van der Waals surface area contributed by atoms with E-state index in [-0.39, 0.29) is 71.3 Å². The first-order valence-corrected chi connectivity index (χ1v) is 24.1. The second kappa shape index (κ2) is 21.8. The Labute approximate surface area is 435 Å². The van der Waals surface area contributed by atoms with E-state index in [9.17, 15) is 9.59 Å². The Morgan fingerprint density at radius 3 is 1.42 bits per heavy atom. The summed E-state index contributed by atoms with van der Waals surface area (Å²) in [5.74, 6) is 1.43. The van der Waals surface area contributed by atoms with Gasteiger partial charge in [-0.2, -0.15) is 0 Å². The molecule has 0 atom stereocenters. The molecular weight excluding hydrogens is 953 g/mol. The molecule has 0 saturated carbocycles. The van der Waals surface area contributed by atoms with Crippen LogP contribution in [0.25, 0.3) is 33.2 Å². The molecule has 2 aromatic carbocycles. The maximum absolute atomic E-state index is 13.3. The number of benzene rings is 2. The van der Waals surface area contributed by atoms with Crippen LogP contribution in [0.5, 0.6) is 0 Å². The molecule has 10 rings (SSSR count). The van der Waals surface area contributed by atoms with Crippen molar-refractivity contribution < 1.29 is 0 Å². The number of nitrogens with zero attached hydrogens (tertiary/aromatic N) is 8. The number of anilines is 4. The largest absolute Gasteiger partial charge is 0.340 e. The van der Waals surface area contributed by atoms with Crippen molar-refractivity contribution in [3.63, 3.8) is 0 Å². The fraction of sp³-hybridized carbons (Fsp3) is 0.382. The molecule has 3 N–H and O–H groups in total. The summed E-state index contributed by atoms with van der Waals surface area (Å²) in [6.45, 7) is 22.9. The van der Waals surface area contributed by atoms with Crippen molar-refractivity contribution in [2.75, 3.05) is 17.2 Å². The zero-order valence-corrected chi connectivity index (χ0v) is 44.9. The molecule has 13 nitrogen and oxygen atoms in total. The summed E-state index contributed by atoms with van der Waals surface area (Å²) in [6, 6.07) is 25.0. The molecule has 0 radical (unpaired) electrons. The summed E-state index contributed by atoms with van der Waals surface area (Å²) in [6.07, 6.45) is 12.9. The number of rotatable bonds is 8. The fourth-order valence-corrected chi connectivity index (χ4v) is 9.41. The third-order valence-electron chi connectivity index (χ3n) is 13.0. The smallest absolute Gasteiger partial charge is 0.276 e. The molecule has 1 aliphatic heterocycles. The van der Waals surface area contributed by atoms with Crippen LogP contribution in [-0.2, 0) is 36.6 Å². The molecule has 7 heterocycles. The summed E-state index contributed by atoms with van der Waals surface area (Å²) < 4.78 is 7.62. The first kappa shape index (κ1) is 54.3. The van der Waals surface area contributed by atoms with Crippen molar-refractivity contribution in [2.24, 2.45) is 0 Å². The summed E-state index contributed by atoms with van der Waals surface area (Å²) >= 11 is 0. The number of nitrogens with one attached hydrogen (secondary N) is 3. The molecule has 0 spiro atoms. The van der Waals surface area contributed by atoms with E-state index in [4.69, 9.17) is 0 Å². The Kier molecular flexibility index (Phi) is 16.7. The van der Waals surface area contributed by atoms with E-state index in [1.165, 1.54) is 35.1 Å². The van der Waals surface area contributed by atoms with Crippen LogP contribution in [0.15, 0.2) is 107 Å². The lowest BCUT2D eigenvalue weighted by atomic mass is 9.91. The van der Waals surface area contributed by atoms with Gasteiger partial charge in [-0.1, -0.05) is 53.7 Å². The molecule has 71 heavy (non-hydrogen) atoms. The van der Waals surface area contributed by atoms with Gasteiger partial charge in [0.15, 0.2) is 0 Å². The van der Waals surface area contributed by atoms with Crippen LogP contribution in [0.1, 0.15) is 128 Å². The van der Waals surface area contributed by atoms with Crippen LogP contribution in [-0.4, -0.2) is 45.2 Å². The SMILES string of the molecule is CC(C)n1c(=O)c2cnc(Nc3ccc4c(c3)CCCC4)cc2n1-c1ccnc(C(C)(C)C)c1.CC(C)n1c(=O)c2cnc(Nc3ccc4c(c3)CCNC4)cc2n1-c1ccnc(C(C)(C)C)c1.Cl.Cl.Cl. The van der Waals surface area contributed by atoms with E-state index < -0.39 is 0 Å². The number of hydrogen-bond donors (Lipinski definition) is 3. The zero-order valence-electron chi connectivity index (χ0n) is 42.5. The van der Waals surface area contributed by atoms with Gasteiger partial charge in [-0.05, 0) is 137 Å². The summed E-state index contributed by atoms with van der Waals surface area (Å²) in [5.41, 5.74) is 12.8. The second-order valence-electron chi connectivity index (χ2n) is 20.9. The zero-order chi connectivity index (χ0) is 48.1. The number of pyridine rings is 4. The molecule has 8 aromatic rings. The highest BCUT2D eigenvalue weighted by atomic mass is 35.5. The van der Waals surface area contributed by atoms with Gasteiger partial charge in [-0.25, -0.2) is 28.7 Å². The van der Waals surface area contributed by atoms with Crippen LogP contribution in [0.4, 0.5) is 23.0 Å². The van der Waals surface area contributed by atoms with Crippen LogP contribution >= 0.6 is 37.2 Å². The minimum atomic E-state index is -0.0990. The van der Waals surface area contributed by atoms with E-state index in [1.54, 1.807) is 21.8 Å². The quantitative estimate of drug-likeness (QED) is 0.136. The first-order chi connectivity index (χ1) is 32.4. The van der Waals surface area contributed by atoms with Gasteiger partial charge in [0.05, 0.1) is 33.2 Å². The van der Waals surface area contributed by atoms with Crippen LogP contribution in [0.3, 0.4) is 0 Å². The Morgan fingerprint density at radius 1 is 0.535 bits per heavy atom. The maximum atomic E-state index is 13.3. The lowest BCUT2D eigenvalue weighted by Gasteiger charge is -2.21. The van der Waals surface area contributed by atoms with Crippen LogP contribution < -0.4 is 27.1 Å². The van der Waals surface area contributed by atoms with Gasteiger partial charge >= 0.3 is 0 Å². The second-order valence-corrected chi connectivity index (χ2v) is 20.9. The Hall–Kier alpha value is -5.99. The molecule has 0 unspecified atom stereocenters. The van der Waals surface area contributed by atoms with Crippen molar-refractivity contribution in [3.8, 4) is 11.4 Å². The molecule has 16 heteroatoms. The molecule has 0 bridgehead atoms. The maximum Gasteiger partial charge on any atom is 0.276 e. The highest BCUT2D eigenvalue weighted by Crippen LogP contribution is 2.31. The molecule has 0 fully saturated rings. The highest BCUT2D eigenvalue weighted by molar-refractivity contribution is 5.86. The predicted octanol–water partition coefficient (Wildman–Crippen LogP) is 12.2. The van der Waals surface area contributed by atoms with Crippen LogP contribution in [0, 0.1) is 0 Å². The molecule has 2 aliphatic rings. The van der Waals surface area contributed by atoms with E-state index in [0.29, 0.717) is 16.6 Å². The summed E-state index contributed by atoms with van der Waals surface area (Å²) in [7, 11) is 0. The van der Waals surface area contributed by atoms with Gasteiger partial charge in [0.2, 0.25) is 0 Å². The van der Waals surface area contributed by atoms with Gasteiger partial charge in [-0.3, -0.25) is 19.6 Å². The molecular formula is C55H68Cl3N11O2. The number of aromatic nitrogens is 8. The molecule has 376 valence electrons. The summed E-state index contributed by atoms with van der Waals surface area (Å²) in [4.78, 5) is 45.0. The van der Waals surface area contributed by atoms with Gasteiger partial charge in [0.25, 0.3) is 11.1 Å². The Balaban J connectivity index is 0.000000223. The average Bonchev–Trinajstić information content (AvgIpc) is 3.78. The molecule has 6 aromatic heterocycles. The highest BCUT2D eigenvalue weighted by Gasteiger charge is 2.23. The van der Waals surface area contributed by atoms with Crippen LogP contribution in [0.2, 0.25) is 0 Å². The molecule has 1 aliphatic carbocycles. The third kappa shape index (κ3) is 11.2.